The van der Waals surface area contributed by atoms with Gasteiger partial charge >= 0.3 is 0 Å². The summed E-state index contributed by atoms with van der Waals surface area (Å²) in [5.74, 6) is 0.693. The molecule has 0 spiro atoms. The zero-order chi connectivity index (χ0) is 19.7. The van der Waals surface area contributed by atoms with Gasteiger partial charge < -0.3 is 10.1 Å². The molecule has 0 amide bonds. The highest BCUT2D eigenvalue weighted by Gasteiger charge is 2.21. The molecule has 4 rings (SSSR count). The second-order valence-corrected chi connectivity index (χ2v) is 7.83. The number of hydrogen-bond donors (Lipinski definition) is 2. The van der Waals surface area contributed by atoms with E-state index in [9.17, 15) is 12.8 Å². The Morgan fingerprint density at radius 3 is 2.54 bits per heavy atom. The van der Waals surface area contributed by atoms with Crippen LogP contribution in [0, 0.1) is 5.82 Å². The molecule has 142 valence electrons. The van der Waals surface area contributed by atoms with Crippen molar-refractivity contribution < 1.29 is 17.5 Å². The highest BCUT2D eigenvalue weighted by atomic mass is 32.2. The van der Waals surface area contributed by atoms with Gasteiger partial charge in [0.05, 0.1) is 12.0 Å². The second-order valence-electron chi connectivity index (χ2n) is 5.94. The van der Waals surface area contributed by atoms with Crippen LogP contribution in [0.25, 0.3) is 10.8 Å². The molecule has 0 aliphatic carbocycles. The van der Waals surface area contributed by atoms with Crippen molar-refractivity contribution in [1.29, 1.82) is 0 Å². The molecule has 0 unspecified atom stereocenters. The van der Waals surface area contributed by atoms with Crippen molar-refractivity contribution in [2.75, 3.05) is 12.4 Å². The van der Waals surface area contributed by atoms with E-state index in [0.717, 1.165) is 17.5 Å². The Balaban J connectivity index is 1.84. The van der Waals surface area contributed by atoms with Crippen molar-refractivity contribution in [3.63, 3.8) is 0 Å². The topological polar surface area (TPSA) is 97.0 Å². The molecule has 28 heavy (non-hydrogen) atoms. The Morgan fingerprint density at radius 1 is 1.07 bits per heavy atom. The monoisotopic (exact) mass is 398 g/mol. The first kappa shape index (κ1) is 17.9. The molecule has 2 N–H and O–H groups in total. The molecule has 4 aromatic rings. The van der Waals surface area contributed by atoms with E-state index in [-0.39, 0.29) is 9.92 Å². The lowest BCUT2D eigenvalue weighted by Gasteiger charge is -2.11. The van der Waals surface area contributed by atoms with Gasteiger partial charge in [0, 0.05) is 11.5 Å². The number of pyridine rings is 1. The first-order chi connectivity index (χ1) is 13.5. The average molecular weight is 398 g/mol. The van der Waals surface area contributed by atoms with Crippen molar-refractivity contribution in [2.45, 2.75) is 9.92 Å². The van der Waals surface area contributed by atoms with Gasteiger partial charge in [0.25, 0.3) is 0 Å². The summed E-state index contributed by atoms with van der Waals surface area (Å²) in [6, 6.07) is 15.0. The van der Waals surface area contributed by atoms with Crippen LogP contribution in [-0.2, 0) is 9.84 Å². The normalized spacial score (nSPS) is 11.5. The van der Waals surface area contributed by atoms with Crippen LogP contribution in [0.4, 0.5) is 16.0 Å². The molecular weight excluding hydrogens is 383 g/mol. The van der Waals surface area contributed by atoms with Crippen LogP contribution in [0.15, 0.2) is 70.6 Å². The number of aromatic amines is 1. The Morgan fingerprint density at radius 2 is 1.82 bits per heavy atom. The van der Waals surface area contributed by atoms with Crippen LogP contribution in [0.2, 0.25) is 0 Å². The first-order valence-corrected chi connectivity index (χ1v) is 9.72. The molecule has 0 aliphatic rings. The predicted molar refractivity (Wildman–Crippen MR) is 102 cm³/mol. The number of fused-ring (bicyclic) bond motifs is 1. The number of nitrogens with zero attached hydrogens (tertiary/aromatic N) is 2. The van der Waals surface area contributed by atoms with Gasteiger partial charge in [-0.15, -0.1) is 5.10 Å². The maximum atomic E-state index is 13.2. The molecule has 0 saturated heterocycles. The molecule has 2 aromatic carbocycles. The third kappa shape index (κ3) is 3.27. The van der Waals surface area contributed by atoms with Crippen molar-refractivity contribution in [3.05, 3.63) is 66.5 Å². The molecule has 0 saturated carbocycles. The standard InChI is InChI=1S/C19H15FN4O3S/c1-27-17-11-16(23-24-17)21-19-15-5-3-2-4-12(15)10-18(22-19)28(25,26)14-8-6-13(20)7-9-14/h2-11H,1H3,(H2,21,22,23,24). The number of H-pyrrole nitrogens is 1. The van der Waals surface area contributed by atoms with E-state index in [1.165, 1.54) is 25.3 Å². The molecule has 0 fully saturated rings. The van der Waals surface area contributed by atoms with Crippen molar-refractivity contribution >= 4 is 32.2 Å². The SMILES string of the molecule is COc1cc(Nc2nc(S(=O)(=O)c3ccc(F)cc3)cc3ccccc23)[nH]n1. The van der Waals surface area contributed by atoms with Crippen LogP contribution in [-0.4, -0.2) is 30.7 Å². The third-order valence-corrected chi connectivity index (χ3v) is 5.79. The van der Waals surface area contributed by atoms with Crippen molar-refractivity contribution in [2.24, 2.45) is 0 Å². The number of halogens is 1. The van der Waals surface area contributed by atoms with Gasteiger partial charge in [0.1, 0.15) is 17.5 Å². The summed E-state index contributed by atoms with van der Waals surface area (Å²) in [4.78, 5) is 4.28. The minimum Gasteiger partial charge on any atom is -0.480 e. The summed E-state index contributed by atoms with van der Waals surface area (Å²) >= 11 is 0. The predicted octanol–water partition coefficient (Wildman–Crippen LogP) is 3.68. The smallest absolute Gasteiger partial charge is 0.234 e. The fourth-order valence-corrected chi connectivity index (χ4v) is 3.97. The quantitative estimate of drug-likeness (QED) is 0.498. The third-order valence-electron chi connectivity index (χ3n) is 4.13. The van der Waals surface area contributed by atoms with E-state index in [2.05, 4.69) is 20.5 Å². The number of benzene rings is 2. The summed E-state index contributed by atoms with van der Waals surface area (Å²) in [6.07, 6.45) is 0. The zero-order valence-corrected chi connectivity index (χ0v) is 15.5. The van der Waals surface area contributed by atoms with Crippen LogP contribution >= 0.6 is 0 Å². The fraction of sp³-hybridized carbons (Fsp3) is 0.0526. The summed E-state index contributed by atoms with van der Waals surface area (Å²) in [6.45, 7) is 0. The molecule has 2 aromatic heterocycles. The first-order valence-electron chi connectivity index (χ1n) is 8.24. The highest BCUT2D eigenvalue weighted by Crippen LogP contribution is 2.29. The number of methoxy groups -OCH3 is 1. The maximum absolute atomic E-state index is 13.2. The summed E-state index contributed by atoms with van der Waals surface area (Å²) in [7, 11) is -2.44. The van der Waals surface area contributed by atoms with Crippen LogP contribution in [0.1, 0.15) is 0 Å². The van der Waals surface area contributed by atoms with Crippen molar-refractivity contribution in [1.82, 2.24) is 15.2 Å². The number of hydrogen-bond acceptors (Lipinski definition) is 6. The van der Waals surface area contributed by atoms with Gasteiger partial charge in [0.2, 0.25) is 15.7 Å². The maximum Gasteiger partial charge on any atom is 0.234 e. The molecule has 0 atom stereocenters. The molecular formula is C19H15FN4O3S. The Labute approximate surface area is 160 Å². The van der Waals surface area contributed by atoms with E-state index in [0.29, 0.717) is 22.9 Å². The van der Waals surface area contributed by atoms with Gasteiger partial charge in [-0.1, -0.05) is 24.3 Å². The average Bonchev–Trinajstić information content (AvgIpc) is 3.16. The Kier molecular flexibility index (Phi) is 4.44. The molecule has 0 bridgehead atoms. The summed E-state index contributed by atoms with van der Waals surface area (Å²) < 4.78 is 44.2. The van der Waals surface area contributed by atoms with Gasteiger partial charge in [-0.2, -0.15) is 0 Å². The van der Waals surface area contributed by atoms with E-state index in [4.69, 9.17) is 4.74 Å². The highest BCUT2D eigenvalue weighted by molar-refractivity contribution is 7.91. The lowest BCUT2D eigenvalue weighted by atomic mass is 10.1. The largest absolute Gasteiger partial charge is 0.480 e. The van der Waals surface area contributed by atoms with E-state index < -0.39 is 15.7 Å². The zero-order valence-electron chi connectivity index (χ0n) is 14.7. The number of ether oxygens (including phenoxy) is 1. The number of aromatic nitrogens is 3. The minimum absolute atomic E-state index is 0.0363. The van der Waals surface area contributed by atoms with Gasteiger partial charge in [0.15, 0.2) is 5.03 Å². The van der Waals surface area contributed by atoms with E-state index in [1.807, 2.05) is 12.1 Å². The number of nitrogens with one attached hydrogen (secondary N) is 2. The lowest BCUT2D eigenvalue weighted by Crippen LogP contribution is -2.07. The Hall–Kier alpha value is -3.46. The minimum atomic E-state index is -3.93. The number of anilines is 2. The van der Waals surface area contributed by atoms with Gasteiger partial charge in [-0.3, -0.25) is 5.10 Å². The molecule has 0 radical (unpaired) electrons. The van der Waals surface area contributed by atoms with Crippen molar-refractivity contribution in [3.8, 4) is 5.88 Å². The summed E-state index contributed by atoms with van der Waals surface area (Å²) in [5.41, 5.74) is 0. The van der Waals surface area contributed by atoms with E-state index in [1.54, 1.807) is 18.2 Å². The fourth-order valence-electron chi connectivity index (χ4n) is 2.74. The molecule has 2 heterocycles. The van der Waals surface area contributed by atoms with Crippen LogP contribution in [0.5, 0.6) is 5.88 Å². The number of sulfone groups is 1. The number of rotatable bonds is 5. The van der Waals surface area contributed by atoms with Gasteiger partial charge in [-0.25, -0.2) is 17.8 Å². The Bertz CT molecular complexity index is 1250. The molecule has 0 aliphatic heterocycles. The summed E-state index contributed by atoms with van der Waals surface area (Å²) in [5, 5.41) is 11.0. The lowest BCUT2D eigenvalue weighted by molar-refractivity contribution is 0.397. The van der Waals surface area contributed by atoms with Crippen LogP contribution in [0.3, 0.4) is 0 Å². The second kappa shape index (κ2) is 6.93. The van der Waals surface area contributed by atoms with Crippen LogP contribution < -0.4 is 10.1 Å². The molecule has 7 nitrogen and oxygen atoms in total. The van der Waals surface area contributed by atoms with Gasteiger partial charge in [-0.05, 0) is 35.7 Å². The van der Waals surface area contributed by atoms with E-state index >= 15 is 0 Å². The molecule has 9 heteroatoms.